The summed E-state index contributed by atoms with van der Waals surface area (Å²) in [5, 5.41) is 24.5. The first-order valence-electron chi connectivity index (χ1n) is 21.2. The molecule has 0 fully saturated rings. The predicted molar refractivity (Wildman–Crippen MR) is 264 cm³/mol. The smallest absolute Gasteiger partial charge is 0.187 e. The van der Waals surface area contributed by atoms with Crippen molar-refractivity contribution in [2.24, 2.45) is 0 Å². The van der Waals surface area contributed by atoms with Crippen LogP contribution in [0.15, 0.2) is 188 Å². The molecule has 2 heterocycles. The summed E-state index contributed by atoms with van der Waals surface area (Å²) in [5.74, 6) is 0. The topological polar surface area (TPSA) is 66.2 Å². The second-order valence-corrected chi connectivity index (χ2v) is 16.2. The van der Waals surface area contributed by atoms with Crippen molar-refractivity contribution in [1.82, 2.24) is 9.13 Å². The highest BCUT2D eigenvalue weighted by atomic mass is 15.0. The summed E-state index contributed by atoms with van der Waals surface area (Å²) >= 11 is 0. The molecule has 11 rings (SSSR count). The van der Waals surface area contributed by atoms with Crippen LogP contribution in [-0.4, -0.2) is 9.13 Å². The zero-order valence-corrected chi connectivity index (χ0v) is 35.1. The van der Waals surface area contributed by atoms with Gasteiger partial charge in [0.2, 0.25) is 0 Å². The molecule has 0 atom stereocenters. The van der Waals surface area contributed by atoms with Gasteiger partial charge >= 0.3 is 0 Å². The van der Waals surface area contributed by atoms with Gasteiger partial charge < -0.3 is 9.13 Å². The van der Waals surface area contributed by atoms with Crippen molar-refractivity contribution in [3.63, 3.8) is 0 Å². The van der Waals surface area contributed by atoms with Gasteiger partial charge in [-0.1, -0.05) is 109 Å². The molecule has 0 saturated heterocycles. The van der Waals surface area contributed by atoms with Gasteiger partial charge in [0.1, 0.15) is 0 Å². The van der Waals surface area contributed by atoms with Crippen LogP contribution in [0.1, 0.15) is 16.7 Å². The molecule has 2 aromatic heterocycles. The average Bonchev–Trinajstić information content (AvgIpc) is 3.88. The van der Waals surface area contributed by atoms with E-state index in [0.29, 0.717) is 22.5 Å². The molecule has 0 aliphatic rings. The molecule has 9 aromatic carbocycles. The van der Waals surface area contributed by atoms with Gasteiger partial charge in [0.05, 0.1) is 69.9 Å². The van der Waals surface area contributed by atoms with Crippen LogP contribution in [0.5, 0.6) is 0 Å². The number of para-hydroxylation sites is 2. The van der Waals surface area contributed by atoms with Gasteiger partial charge in [-0.25, -0.2) is 9.69 Å². The van der Waals surface area contributed by atoms with Gasteiger partial charge in [-0.05, 0) is 125 Å². The van der Waals surface area contributed by atoms with Crippen LogP contribution >= 0.6 is 0 Å². The largest absolute Gasteiger partial charge is 0.309 e. The Morgan fingerprint density at radius 1 is 0.385 bits per heavy atom. The fraction of sp³-hybridized carbons (Fsp3) is 0.0169. The lowest BCUT2D eigenvalue weighted by atomic mass is 9.93. The van der Waals surface area contributed by atoms with E-state index in [1.807, 2.05) is 85.8 Å². The van der Waals surface area contributed by atoms with Gasteiger partial charge in [-0.3, -0.25) is 0 Å². The normalized spacial score (nSPS) is 11.1. The summed E-state index contributed by atoms with van der Waals surface area (Å²) < 4.78 is 4.63. The second-order valence-electron chi connectivity index (χ2n) is 16.2. The van der Waals surface area contributed by atoms with Crippen LogP contribution in [0.3, 0.4) is 0 Å². The van der Waals surface area contributed by atoms with E-state index in [-0.39, 0.29) is 0 Å². The van der Waals surface area contributed by atoms with Crippen molar-refractivity contribution in [1.29, 1.82) is 10.5 Å². The first-order valence-corrected chi connectivity index (χ1v) is 21.2. The van der Waals surface area contributed by atoms with Crippen LogP contribution in [0, 0.1) is 42.7 Å². The number of nitrogens with zero attached hydrogens (tertiary/aromatic N) is 6. The summed E-state index contributed by atoms with van der Waals surface area (Å²) in [7, 11) is 0. The van der Waals surface area contributed by atoms with E-state index in [4.69, 9.17) is 13.1 Å². The van der Waals surface area contributed by atoms with Crippen molar-refractivity contribution in [3.05, 3.63) is 228 Å². The van der Waals surface area contributed by atoms with Crippen LogP contribution in [-0.2, 0) is 0 Å². The minimum atomic E-state index is 0.534. The minimum Gasteiger partial charge on any atom is -0.309 e. The molecule has 0 radical (unpaired) electrons. The zero-order chi connectivity index (χ0) is 44.2. The highest BCUT2D eigenvalue weighted by Crippen LogP contribution is 2.44. The quantitative estimate of drug-likeness (QED) is 0.157. The molecular weight excluding hydrogens is 793 g/mol. The molecule has 0 aliphatic heterocycles. The molecule has 0 spiro atoms. The molecule has 6 heteroatoms. The Hall–Kier alpha value is -9.46. The standard InChI is InChI=1S/C59H34N6/c1-37-28-46(63-3)22-23-47(37)44-21-27-59(65-55-17-7-5-15-49(55)52-33-43(20-26-58(52)65)41-12-9-13-45(31-41)62-2)53(34-44)50-30-39(36-61)18-24-56(50)64-54-16-6-4-14-48(54)51-32-42(19-25-57(51)64)40-11-8-10-38(29-40)35-60/h4-34H,1H3. The van der Waals surface area contributed by atoms with E-state index >= 15 is 0 Å². The van der Waals surface area contributed by atoms with Crippen LogP contribution in [0.25, 0.3) is 109 Å². The summed E-state index contributed by atoms with van der Waals surface area (Å²) in [6.45, 7) is 17.3. The van der Waals surface area contributed by atoms with Crippen LogP contribution in [0.4, 0.5) is 11.4 Å². The molecule has 0 unspecified atom stereocenters. The Kier molecular flexibility index (Phi) is 9.15. The Balaban J connectivity index is 1.21. The molecule has 0 aliphatic carbocycles. The van der Waals surface area contributed by atoms with Crippen LogP contribution < -0.4 is 0 Å². The lowest BCUT2D eigenvalue weighted by molar-refractivity contribution is 1.16. The van der Waals surface area contributed by atoms with Crippen molar-refractivity contribution in [2.75, 3.05) is 0 Å². The van der Waals surface area contributed by atoms with Crippen molar-refractivity contribution >= 4 is 55.0 Å². The third kappa shape index (κ3) is 6.39. The Morgan fingerprint density at radius 3 is 1.51 bits per heavy atom. The number of rotatable bonds is 6. The van der Waals surface area contributed by atoms with E-state index in [1.165, 1.54) is 0 Å². The fourth-order valence-corrected chi connectivity index (χ4v) is 9.52. The van der Waals surface area contributed by atoms with Gasteiger partial charge in [0, 0.05) is 32.7 Å². The summed E-state index contributed by atoms with van der Waals surface area (Å²) in [6.07, 6.45) is 0. The molecule has 11 aromatic rings. The third-order valence-corrected chi connectivity index (χ3v) is 12.5. The van der Waals surface area contributed by atoms with Gasteiger partial charge in [0.15, 0.2) is 11.4 Å². The number of benzene rings is 9. The molecule has 0 N–H and O–H groups in total. The SMILES string of the molecule is [C-]#[N+]c1cccc(-c2ccc3c(c2)c2ccccc2n3-c2ccc(-c3ccc([N+]#[C-])cc3C)cc2-c2cc(C#N)ccc2-n2c3ccccc3c3cc(-c4cccc(C#N)c4)ccc32)c1. The first-order chi connectivity index (χ1) is 31.9. The number of aromatic nitrogens is 2. The van der Waals surface area contributed by atoms with Crippen LogP contribution in [0.2, 0.25) is 0 Å². The van der Waals surface area contributed by atoms with Gasteiger partial charge in [-0.15, -0.1) is 0 Å². The van der Waals surface area contributed by atoms with Crippen molar-refractivity contribution in [3.8, 4) is 68.0 Å². The van der Waals surface area contributed by atoms with Gasteiger partial charge in [-0.2, -0.15) is 10.5 Å². The average molecular weight is 827 g/mol. The lowest BCUT2D eigenvalue weighted by Gasteiger charge is -2.20. The third-order valence-electron chi connectivity index (χ3n) is 12.5. The number of hydrogen-bond donors (Lipinski definition) is 0. The summed E-state index contributed by atoms with van der Waals surface area (Å²) in [4.78, 5) is 7.39. The monoisotopic (exact) mass is 826 g/mol. The minimum absolute atomic E-state index is 0.534. The summed E-state index contributed by atoms with van der Waals surface area (Å²) in [5.41, 5.74) is 17.0. The maximum Gasteiger partial charge on any atom is 0.187 e. The van der Waals surface area contributed by atoms with Gasteiger partial charge in [0.25, 0.3) is 0 Å². The maximum absolute atomic E-state index is 10.5. The maximum atomic E-state index is 10.5. The van der Waals surface area contributed by atoms with Crippen molar-refractivity contribution < 1.29 is 0 Å². The molecule has 0 saturated carbocycles. The fourth-order valence-electron chi connectivity index (χ4n) is 9.52. The number of fused-ring (bicyclic) bond motifs is 6. The van der Waals surface area contributed by atoms with E-state index in [0.717, 1.165) is 105 Å². The number of hydrogen-bond acceptors (Lipinski definition) is 2. The Morgan fingerprint density at radius 2 is 0.892 bits per heavy atom. The molecule has 0 amide bonds. The van der Waals surface area contributed by atoms with E-state index < -0.39 is 0 Å². The predicted octanol–water partition coefficient (Wildman–Crippen LogP) is 15.7. The zero-order valence-electron chi connectivity index (χ0n) is 35.1. The highest BCUT2D eigenvalue weighted by molar-refractivity contribution is 6.13. The number of aryl methyl sites for hydroxylation is 1. The van der Waals surface area contributed by atoms with E-state index in [9.17, 15) is 10.5 Å². The van der Waals surface area contributed by atoms with Crippen molar-refractivity contribution in [2.45, 2.75) is 6.92 Å². The van der Waals surface area contributed by atoms with E-state index in [1.54, 1.807) is 0 Å². The van der Waals surface area contributed by atoms with E-state index in [2.05, 4.69) is 140 Å². The summed E-state index contributed by atoms with van der Waals surface area (Å²) in [6, 6.07) is 68.4. The molecule has 0 bridgehead atoms. The Bertz CT molecular complexity index is 3970. The molecular formula is C59H34N6. The molecule has 65 heavy (non-hydrogen) atoms. The number of nitriles is 2. The second kappa shape index (κ2) is 15.5. The highest BCUT2D eigenvalue weighted by Gasteiger charge is 2.23. The molecule has 6 nitrogen and oxygen atoms in total. The molecule has 300 valence electrons. The lowest BCUT2D eigenvalue weighted by Crippen LogP contribution is -2.02. The first kappa shape index (κ1) is 38.5. The Labute approximate surface area is 375 Å².